The van der Waals surface area contributed by atoms with E-state index in [1.807, 2.05) is 12.1 Å². The number of halogens is 1. The third-order valence-electron chi connectivity index (χ3n) is 3.60. The summed E-state index contributed by atoms with van der Waals surface area (Å²) < 4.78 is 10.1. The highest BCUT2D eigenvalue weighted by molar-refractivity contribution is 6.30. The van der Waals surface area contributed by atoms with E-state index in [4.69, 9.17) is 21.1 Å². The van der Waals surface area contributed by atoms with Crippen LogP contribution in [0, 0.1) is 6.92 Å². The van der Waals surface area contributed by atoms with E-state index in [0.717, 1.165) is 5.69 Å². The summed E-state index contributed by atoms with van der Waals surface area (Å²) in [5.74, 6) is -0.969. The zero-order valence-corrected chi connectivity index (χ0v) is 15.2. The summed E-state index contributed by atoms with van der Waals surface area (Å²) in [4.78, 5) is 27.4. The number of esters is 2. The second-order valence-electron chi connectivity index (χ2n) is 5.28. The summed E-state index contributed by atoms with van der Waals surface area (Å²) >= 11 is 5.87. The number of benzene rings is 1. The standard InChI is InChI=1S/C18H21ClN2O4/c1-4-24-17(22)15-11(3)16(18(23)25-5-2)21-14(15)10-20-13-8-6-12(19)7-9-13/h6-9,20-21H,4-5,10H2,1-3H3. The molecule has 0 saturated carbocycles. The lowest BCUT2D eigenvalue weighted by Gasteiger charge is -2.08. The van der Waals surface area contributed by atoms with Crippen molar-refractivity contribution in [1.82, 2.24) is 4.98 Å². The topological polar surface area (TPSA) is 80.4 Å². The maximum Gasteiger partial charge on any atom is 0.355 e. The van der Waals surface area contributed by atoms with Crippen LogP contribution in [-0.2, 0) is 16.0 Å². The van der Waals surface area contributed by atoms with Gasteiger partial charge in [0.1, 0.15) is 5.69 Å². The molecule has 25 heavy (non-hydrogen) atoms. The molecule has 0 spiro atoms. The molecule has 0 bridgehead atoms. The largest absolute Gasteiger partial charge is 0.462 e. The average Bonchev–Trinajstić information content (AvgIpc) is 2.91. The third kappa shape index (κ3) is 4.54. The van der Waals surface area contributed by atoms with Gasteiger partial charge < -0.3 is 19.8 Å². The van der Waals surface area contributed by atoms with Crippen LogP contribution in [0.25, 0.3) is 0 Å². The summed E-state index contributed by atoms with van der Waals surface area (Å²) in [6.45, 7) is 5.98. The van der Waals surface area contributed by atoms with E-state index in [2.05, 4.69) is 10.3 Å². The van der Waals surface area contributed by atoms with Crippen molar-refractivity contribution in [1.29, 1.82) is 0 Å². The molecule has 0 aliphatic heterocycles. The van der Waals surface area contributed by atoms with Crippen LogP contribution in [0.4, 0.5) is 5.69 Å². The Morgan fingerprint density at radius 1 is 1.08 bits per heavy atom. The molecule has 2 aromatic rings. The molecule has 134 valence electrons. The monoisotopic (exact) mass is 364 g/mol. The molecular weight excluding hydrogens is 344 g/mol. The van der Waals surface area contributed by atoms with Crippen molar-refractivity contribution in [2.75, 3.05) is 18.5 Å². The smallest absolute Gasteiger partial charge is 0.355 e. The van der Waals surface area contributed by atoms with E-state index in [-0.39, 0.29) is 18.9 Å². The summed E-state index contributed by atoms with van der Waals surface area (Å²) in [6.07, 6.45) is 0. The first kappa shape index (κ1) is 18.9. The number of carbonyl (C=O) groups excluding carboxylic acids is 2. The molecule has 0 saturated heterocycles. The van der Waals surface area contributed by atoms with E-state index in [0.29, 0.717) is 28.4 Å². The summed E-state index contributed by atoms with van der Waals surface area (Å²) in [7, 11) is 0. The number of rotatable bonds is 7. The molecule has 1 aromatic heterocycles. The Kier molecular flexibility index (Phi) is 6.47. The van der Waals surface area contributed by atoms with Gasteiger partial charge in [-0.3, -0.25) is 0 Å². The highest BCUT2D eigenvalue weighted by Gasteiger charge is 2.25. The Morgan fingerprint density at radius 3 is 2.28 bits per heavy atom. The van der Waals surface area contributed by atoms with Gasteiger partial charge >= 0.3 is 11.9 Å². The zero-order valence-electron chi connectivity index (χ0n) is 14.4. The first-order chi connectivity index (χ1) is 12.0. The number of H-pyrrole nitrogens is 1. The summed E-state index contributed by atoms with van der Waals surface area (Å²) in [5.41, 5.74) is 2.53. The molecule has 0 atom stereocenters. The van der Waals surface area contributed by atoms with Gasteiger partial charge in [-0.1, -0.05) is 11.6 Å². The molecule has 6 nitrogen and oxygen atoms in total. The van der Waals surface area contributed by atoms with Crippen LogP contribution in [-0.4, -0.2) is 30.1 Å². The van der Waals surface area contributed by atoms with Gasteiger partial charge in [0.25, 0.3) is 0 Å². The second kappa shape index (κ2) is 8.58. The molecule has 2 N–H and O–H groups in total. The van der Waals surface area contributed by atoms with Crippen molar-refractivity contribution in [3.05, 3.63) is 51.8 Å². The van der Waals surface area contributed by atoms with Crippen molar-refractivity contribution in [3.8, 4) is 0 Å². The minimum absolute atomic E-state index is 0.252. The van der Waals surface area contributed by atoms with E-state index in [1.54, 1.807) is 32.9 Å². The number of anilines is 1. The van der Waals surface area contributed by atoms with Gasteiger partial charge in [0.15, 0.2) is 0 Å². The quantitative estimate of drug-likeness (QED) is 0.727. The van der Waals surface area contributed by atoms with Crippen LogP contribution in [0.5, 0.6) is 0 Å². The number of carbonyl (C=O) groups is 2. The SMILES string of the molecule is CCOC(=O)c1[nH]c(CNc2ccc(Cl)cc2)c(C(=O)OCC)c1C. The Hall–Kier alpha value is -2.47. The van der Waals surface area contributed by atoms with Crippen LogP contribution in [0.1, 0.15) is 46.0 Å². The van der Waals surface area contributed by atoms with Gasteiger partial charge in [0, 0.05) is 16.4 Å². The van der Waals surface area contributed by atoms with Crippen molar-refractivity contribution in [3.63, 3.8) is 0 Å². The molecule has 0 fully saturated rings. The molecule has 0 radical (unpaired) electrons. The maximum atomic E-state index is 12.3. The Bertz CT molecular complexity index is 753. The van der Waals surface area contributed by atoms with Gasteiger partial charge in [0.05, 0.1) is 25.3 Å². The van der Waals surface area contributed by atoms with Crippen molar-refractivity contribution in [2.24, 2.45) is 0 Å². The number of hydrogen-bond donors (Lipinski definition) is 2. The van der Waals surface area contributed by atoms with E-state index >= 15 is 0 Å². The molecule has 2 rings (SSSR count). The van der Waals surface area contributed by atoms with Crippen LogP contribution in [0.3, 0.4) is 0 Å². The van der Waals surface area contributed by atoms with Crippen molar-refractivity contribution >= 4 is 29.2 Å². The molecule has 7 heteroatoms. The minimum Gasteiger partial charge on any atom is -0.462 e. The molecular formula is C18H21ClN2O4. The minimum atomic E-state index is -0.497. The number of ether oxygens (including phenoxy) is 2. The number of aromatic nitrogens is 1. The van der Waals surface area contributed by atoms with Crippen LogP contribution in [0.15, 0.2) is 24.3 Å². The van der Waals surface area contributed by atoms with Gasteiger partial charge in [-0.05, 0) is 50.6 Å². The maximum absolute atomic E-state index is 12.3. The number of nitrogens with one attached hydrogen (secondary N) is 2. The first-order valence-corrected chi connectivity index (χ1v) is 8.40. The van der Waals surface area contributed by atoms with Gasteiger partial charge in [-0.2, -0.15) is 0 Å². The molecule has 0 amide bonds. The molecule has 0 aliphatic rings. The van der Waals surface area contributed by atoms with Gasteiger partial charge in [-0.25, -0.2) is 9.59 Å². The summed E-state index contributed by atoms with van der Waals surface area (Å²) in [6, 6.07) is 7.18. The molecule has 1 aromatic carbocycles. The lowest BCUT2D eigenvalue weighted by molar-refractivity contribution is 0.0517. The van der Waals surface area contributed by atoms with Gasteiger partial charge in [-0.15, -0.1) is 0 Å². The average molecular weight is 365 g/mol. The van der Waals surface area contributed by atoms with E-state index in [9.17, 15) is 9.59 Å². The summed E-state index contributed by atoms with van der Waals surface area (Å²) in [5, 5.41) is 3.82. The molecule has 1 heterocycles. The van der Waals surface area contributed by atoms with Crippen molar-refractivity contribution in [2.45, 2.75) is 27.3 Å². The fourth-order valence-corrected chi connectivity index (χ4v) is 2.56. The highest BCUT2D eigenvalue weighted by Crippen LogP contribution is 2.22. The lowest BCUT2D eigenvalue weighted by Crippen LogP contribution is -2.11. The van der Waals surface area contributed by atoms with Crippen molar-refractivity contribution < 1.29 is 19.1 Å². The van der Waals surface area contributed by atoms with E-state index in [1.165, 1.54) is 0 Å². The molecule has 0 unspecified atom stereocenters. The molecule has 0 aliphatic carbocycles. The Balaban J connectivity index is 2.30. The fraction of sp³-hybridized carbons (Fsp3) is 0.333. The van der Waals surface area contributed by atoms with Crippen LogP contribution >= 0.6 is 11.6 Å². The normalized spacial score (nSPS) is 10.4. The predicted molar refractivity (Wildman–Crippen MR) is 96.2 cm³/mol. The number of aromatic amines is 1. The van der Waals surface area contributed by atoms with Gasteiger partial charge in [0.2, 0.25) is 0 Å². The highest BCUT2D eigenvalue weighted by atomic mass is 35.5. The number of hydrogen-bond acceptors (Lipinski definition) is 5. The van der Waals surface area contributed by atoms with Crippen LogP contribution in [0.2, 0.25) is 5.02 Å². The fourth-order valence-electron chi connectivity index (χ4n) is 2.44. The zero-order chi connectivity index (χ0) is 18.4. The Morgan fingerprint density at radius 2 is 1.68 bits per heavy atom. The predicted octanol–water partition coefficient (Wildman–Crippen LogP) is 3.94. The first-order valence-electron chi connectivity index (χ1n) is 8.03. The second-order valence-corrected chi connectivity index (χ2v) is 5.72. The lowest BCUT2D eigenvalue weighted by atomic mass is 10.1. The van der Waals surface area contributed by atoms with E-state index < -0.39 is 11.9 Å². The Labute approximate surface area is 151 Å². The third-order valence-corrected chi connectivity index (χ3v) is 3.85. The van der Waals surface area contributed by atoms with Crippen LogP contribution < -0.4 is 5.32 Å².